The number of rotatable bonds is 4. The number of sulfonamides is 1. The lowest BCUT2D eigenvalue weighted by molar-refractivity contribution is -0.141. The summed E-state index contributed by atoms with van der Waals surface area (Å²) in [6, 6.07) is -0.293. The van der Waals surface area contributed by atoms with E-state index in [2.05, 4.69) is 9.71 Å². The zero-order chi connectivity index (χ0) is 13.3. The summed E-state index contributed by atoms with van der Waals surface area (Å²) >= 11 is 1.11. The maximum Gasteiger partial charge on any atom is 0.306 e. The van der Waals surface area contributed by atoms with Crippen LogP contribution in [0.15, 0.2) is 10.4 Å². The lowest BCUT2D eigenvalue weighted by Crippen LogP contribution is -2.32. The van der Waals surface area contributed by atoms with Crippen LogP contribution in [0, 0.1) is 12.8 Å². The third-order valence-electron chi connectivity index (χ3n) is 2.97. The number of carboxylic acid groups (broad SMARTS) is 1. The van der Waals surface area contributed by atoms with E-state index in [0.717, 1.165) is 11.3 Å². The third kappa shape index (κ3) is 2.88. The lowest BCUT2D eigenvalue weighted by Gasteiger charge is -2.11. The second kappa shape index (κ2) is 4.94. The van der Waals surface area contributed by atoms with Gasteiger partial charge in [0.05, 0.1) is 17.1 Å². The summed E-state index contributed by atoms with van der Waals surface area (Å²) in [7, 11) is -3.56. The average Bonchev–Trinajstić information content (AvgIpc) is 2.86. The van der Waals surface area contributed by atoms with Crippen molar-refractivity contribution in [3.8, 4) is 0 Å². The highest BCUT2D eigenvalue weighted by Crippen LogP contribution is 2.27. The Hall–Kier alpha value is -0.990. The van der Waals surface area contributed by atoms with E-state index in [1.165, 1.54) is 6.20 Å². The summed E-state index contributed by atoms with van der Waals surface area (Å²) in [5, 5.41) is 9.55. The highest BCUT2D eigenvalue weighted by atomic mass is 32.2. The van der Waals surface area contributed by atoms with Crippen molar-refractivity contribution in [1.29, 1.82) is 0 Å². The van der Waals surface area contributed by atoms with Crippen molar-refractivity contribution in [2.75, 3.05) is 0 Å². The number of aromatic nitrogens is 1. The fraction of sp³-hybridized carbons (Fsp3) is 0.600. The normalized spacial score (nSPS) is 24.3. The number of thiazole rings is 1. The monoisotopic (exact) mass is 290 g/mol. The van der Waals surface area contributed by atoms with Crippen LogP contribution in [0.25, 0.3) is 0 Å². The highest BCUT2D eigenvalue weighted by molar-refractivity contribution is 7.91. The molecule has 1 aliphatic rings. The van der Waals surface area contributed by atoms with E-state index in [1.807, 2.05) is 0 Å². The van der Waals surface area contributed by atoms with Crippen molar-refractivity contribution >= 4 is 27.3 Å². The third-order valence-corrected chi connectivity index (χ3v) is 5.86. The maximum absolute atomic E-state index is 12.0. The Morgan fingerprint density at radius 1 is 1.56 bits per heavy atom. The van der Waals surface area contributed by atoms with Crippen LogP contribution in [-0.2, 0) is 14.8 Å². The number of aliphatic carboxylic acids is 1. The molecule has 100 valence electrons. The molecule has 1 saturated carbocycles. The summed E-state index contributed by atoms with van der Waals surface area (Å²) < 4.78 is 26.7. The second-order valence-corrected chi connectivity index (χ2v) is 7.54. The van der Waals surface area contributed by atoms with Crippen LogP contribution >= 0.6 is 11.3 Å². The Balaban J connectivity index is 2.04. The molecule has 0 bridgehead atoms. The number of hydrogen-bond donors (Lipinski definition) is 2. The summed E-state index contributed by atoms with van der Waals surface area (Å²) in [6.45, 7) is 1.74. The van der Waals surface area contributed by atoms with Gasteiger partial charge in [-0.1, -0.05) is 0 Å². The van der Waals surface area contributed by atoms with Crippen molar-refractivity contribution in [2.45, 2.75) is 36.4 Å². The van der Waals surface area contributed by atoms with Crippen LogP contribution in [0.4, 0.5) is 0 Å². The van der Waals surface area contributed by atoms with E-state index in [9.17, 15) is 13.2 Å². The zero-order valence-electron chi connectivity index (χ0n) is 9.79. The van der Waals surface area contributed by atoms with Gasteiger partial charge in [-0.05, 0) is 26.2 Å². The molecular weight excluding hydrogens is 276 g/mol. The predicted octanol–water partition coefficient (Wildman–Crippen LogP) is 0.983. The standard InChI is InChI=1S/C10H14N2O4S2/c1-6-11-5-9(17-6)18(15,16)12-8-3-2-7(4-8)10(13)14/h5,7-8,12H,2-4H2,1H3,(H,13,14). The molecule has 1 fully saturated rings. The van der Waals surface area contributed by atoms with Gasteiger partial charge >= 0.3 is 5.97 Å². The first-order valence-corrected chi connectivity index (χ1v) is 7.86. The molecular formula is C10H14N2O4S2. The van der Waals surface area contributed by atoms with Crippen molar-refractivity contribution in [2.24, 2.45) is 5.92 Å². The molecule has 0 aliphatic heterocycles. The SMILES string of the molecule is Cc1ncc(S(=O)(=O)NC2CCC(C(=O)O)C2)s1. The molecule has 6 nitrogen and oxygen atoms in total. The lowest BCUT2D eigenvalue weighted by atomic mass is 10.1. The molecule has 0 aromatic carbocycles. The molecule has 18 heavy (non-hydrogen) atoms. The molecule has 1 aromatic heterocycles. The molecule has 0 spiro atoms. The first-order valence-electron chi connectivity index (χ1n) is 5.56. The van der Waals surface area contributed by atoms with Gasteiger partial charge in [0.1, 0.15) is 0 Å². The summed E-state index contributed by atoms with van der Waals surface area (Å²) in [5.74, 6) is -1.30. The number of carbonyl (C=O) groups is 1. The van der Waals surface area contributed by atoms with Crippen LogP contribution < -0.4 is 4.72 Å². The van der Waals surface area contributed by atoms with Crippen molar-refractivity contribution in [3.63, 3.8) is 0 Å². The van der Waals surface area contributed by atoms with E-state index in [-0.39, 0.29) is 10.3 Å². The Morgan fingerprint density at radius 2 is 2.28 bits per heavy atom. The largest absolute Gasteiger partial charge is 0.481 e. The number of nitrogens with zero attached hydrogens (tertiary/aromatic N) is 1. The Labute approximate surface area is 109 Å². The molecule has 2 unspecified atom stereocenters. The van der Waals surface area contributed by atoms with E-state index in [1.54, 1.807) is 6.92 Å². The van der Waals surface area contributed by atoms with E-state index in [0.29, 0.717) is 24.3 Å². The highest BCUT2D eigenvalue weighted by Gasteiger charge is 2.32. The van der Waals surface area contributed by atoms with Crippen molar-refractivity contribution < 1.29 is 18.3 Å². The molecule has 1 aromatic rings. The van der Waals surface area contributed by atoms with Gasteiger partial charge in [0.15, 0.2) is 4.21 Å². The Bertz CT molecular complexity index is 552. The summed E-state index contributed by atoms with van der Waals surface area (Å²) in [5.41, 5.74) is 0. The van der Waals surface area contributed by atoms with Gasteiger partial charge in [0.2, 0.25) is 0 Å². The first kappa shape index (κ1) is 13.4. The number of nitrogens with one attached hydrogen (secondary N) is 1. The van der Waals surface area contributed by atoms with Gasteiger partial charge in [-0.15, -0.1) is 11.3 Å². The minimum absolute atomic E-state index is 0.179. The van der Waals surface area contributed by atoms with Crippen LogP contribution in [0.1, 0.15) is 24.3 Å². The number of carboxylic acids is 1. The zero-order valence-corrected chi connectivity index (χ0v) is 11.4. The molecule has 8 heteroatoms. The average molecular weight is 290 g/mol. The smallest absolute Gasteiger partial charge is 0.306 e. The van der Waals surface area contributed by atoms with Gasteiger partial charge in [-0.3, -0.25) is 4.79 Å². The van der Waals surface area contributed by atoms with Gasteiger partial charge < -0.3 is 5.11 Å². The topological polar surface area (TPSA) is 96.4 Å². The summed E-state index contributed by atoms with van der Waals surface area (Å²) in [6.07, 6.45) is 2.76. The molecule has 1 heterocycles. The molecule has 0 amide bonds. The minimum atomic E-state index is -3.56. The molecule has 1 aliphatic carbocycles. The fourth-order valence-corrected chi connectivity index (χ4v) is 4.46. The van der Waals surface area contributed by atoms with Gasteiger partial charge in [0, 0.05) is 6.04 Å². The van der Waals surface area contributed by atoms with Crippen LogP contribution in [0.5, 0.6) is 0 Å². The van der Waals surface area contributed by atoms with Crippen LogP contribution in [0.3, 0.4) is 0 Å². The maximum atomic E-state index is 12.0. The van der Waals surface area contributed by atoms with Crippen molar-refractivity contribution in [1.82, 2.24) is 9.71 Å². The number of hydrogen-bond acceptors (Lipinski definition) is 5. The Morgan fingerprint density at radius 3 is 2.78 bits per heavy atom. The van der Waals surface area contributed by atoms with Crippen LogP contribution in [0.2, 0.25) is 0 Å². The Kier molecular flexibility index (Phi) is 3.69. The van der Waals surface area contributed by atoms with Crippen LogP contribution in [-0.4, -0.2) is 30.5 Å². The molecule has 2 rings (SSSR count). The molecule has 0 saturated heterocycles. The van der Waals surface area contributed by atoms with Gasteiger partial charge in [-0.25, -0.2) is 18.1 Å². The van der Waals surface area contributed by atoms with E-state index in [4.69, 9.17) is 5.11 Å². The van der Waals surface area contributed by atoms with E-state index < -0.39 is 21.9 Å². The second-order valence-electron chi connectivity index (χ2n) is 4.36. The fourth-order valence-electron chi connectivity index (χ4n) is 2.06. The minimum Gasteiger partial charge on any atom is -0.481 e. The molecule has 2 atom stereocenters. The molecule has 0 radical (unpaired) electrons. The quantitative estimate of drug-likeness (QED) is 0.861. The van der Waals surface area contributed by atoms with Gasteiger partial charge in [-0.2, -0.15) is 0 Å². The predicted molar refractivity (Wildman–Crippen MR) is 65.9 cm³/mol. The number of aryl methyl sites for hydroxylation is 1. The van der Waals surface area contributed by atoms with Gasteiger partial charge in [0.25, 0.3) is 10.0 Å². The molecule has 2 N–H and O–H groups in total. The van der Waals surface area contributed by atoms with Crippen molar-refractivity contribution in [3.05, 3.63) is 11.2 Å². The van der Waals surface area contributed by atoms with E-state index >= 15 is 0 Å². The summed E-state index contributed by atoms with van der Waals surface area (Å²) in [4.78, 5) is 14.7. The first-order chi connectivity index (χ1) is 8.38.